The highest BCUT2D eigenvalue weighted by Gasteiger charge is 2.58. The largest absolute Gasteiger partial charge is 0.497 e. The van der Waals surface area contributed by atoms with Gasteiger partial charge in [0, 0.05) is 23.6 Å². The molecule has 0 amide bonds. The molecule has 250 valence electrons. The molecule has 3 aromatic carbocycles. The smallest absolute Gasteiger partial charge is 0.334 e. The van der Waals surface area contributed by atoms with Crippen LogP contribution in [0.15, 0.2) is 84.3 Å². The molecule has 2 N–H and O–H groups in total. The summed E-state index contributed by atoms with van der Waals surface area (Å²) < 4.78 is 72.5. The van der Waals surface area contributed by atoms with Gasteiger partial charge in [0.1, 0.15) is 17.4 Å². The van der Waals surface area contributed by atoms with E-state index in [0.29, 0.717) is 16.9 Å². The summed E-state index contributed by atoms with van der Waals surface area (Å²) in [6, 6.07) is 17.2. The molecule has 0 bridgehead atoms. The molecule has 47 heavy (non-hydrogen) atoms. The molecule has 3 unspecified atom stereocenters. The first-order valence-corrected chi connectivity index (χ1v) is 16.2. The first-order chi connectivity index (χ1) is 22.3. The average Bonchev–Trinajstić information content (AvgIpc) is 3.69. The zero-order valence-electron chi connectivity index (χ0n) is 26.5. The zero-order chi connectivity index (χ0) is 34.0. The summed E-state index contributed by atoms with van der Waals surface area (Å²) in [5.74, 6) is -2.32. The Morgan fingerprint density at radius 1 is 0.957 bits per heavy atom. The third-order valence-corrected chi connectivity index (χ3v) is 8.83. The first-order valence-electron chi connectivity index (χ1n) is 14.6. The van der Waals surface area contributed by atoms with Crippen LogP contribution in [0, 0.1) is 6.92 Å². The number of benzene rings is 3. The van der Waals surface area contributed by atoms with E-state index in [2.05, 4.69) is 0 Å². The highest BCUT2D eigenvalue weighted by Crippen LogP contribution is 2.57. The maximum atomic E-state index is 13.2. The summed E-state index contributed by atoms with van der Waals surface area (Å²) in [5, 5.41) is 12.5. The number of cyclic esters (lactones) is 1. The number of aliphatic hydroxyl groups is 1. The molecule has 0 aromatic heterocycles. The number of methoxy groups -OCH3 is 3. The number of ether oxygens (including phenoxy) is 7. The predicted molar refractivity (Wildman–Crippen MR) is 169 cm³/mol. The molecule has 0 aliphatic carbocycles. The number of aryl methyl sites for hydroxylation is 1. The van der Waals surface area contributed by atoms with Crippen LogP contribution in [0.25, 0.3) is 0 Å². The Hall–Kier alpha value is -4.72. The quantitative estimate of drug-likeness (QED) is 0.194. The molecule has 2 heterocycles. The second kappa shape index (κ2) is 13.2. The lowest BCUT2D eigenvalue weighted by molar-refractivity contribution is -0.187. The minimum absolute atomic E-state index is 0.0372. The van der Waals surface area contributed by atoms with E-state index in [1.807, 2.05) is 31.2 Å². The van der Waals surface area contributed by atoms with Crippen LogP contribution in [0.3, 0.4) is 0 Å². The van der Waals surface area contributed by atoms with Gasteiger partial charge >= 0.3 is 5.97 Å². The molecular weight excluding hydrogens is 632 g/mol. The van der Waals surface area contributed by atoms with Crippen molar-refractivity contribution in [3.05, 3.63) is 107 Å². The average molecular weight is 669 g/mol. The van der Waals surface area contributed by atoms with Crippen LogP contribution in [0.4, 0.5) is 0 Å². The molecule has 0 spiro atoms. The molecule has 0 saturated heterocycles. The standard InChI is InChI=1S/C34H36O12S/c1-21-6-8-23(9-7-21)33(30-19-43-20-44-30,29-18-31(35)46-34(29,36)24-10-12-26(40-3)13-11-24)25-16-27(41-4)32(42-5)28(17-25)45-22(2)14-15-47(37,38)39/h6-13,16-19,22,36H,14-15,20H2,1-5H3,(H,37,38,39). The molecule has 13 heteroatoms. The number of rotatable bonds is 13. The van der Waals surface area contributed by atoms with Crippen molar-refractivity contribution in [2.24, 2.45) is 0 Å². The fourth-order valence-corrected chi connectivity index (χ4v) is 6.43. The number of carbonyl (C=O) groups is 1. The highest BCUT2D eigenvalue weighted by atomic mass is 32.2. The lowest BCUT2D eigenvalue weighted by atomic mass is 9.64. The van der Waals surface area contributed by atoms with Crippen molar-refractivity contribution in [3.8, 4) is 23.0 Å². The molecule has 12 nitrogen and oxygen atoms in total. The number of hydrogen-bond acceptors (Lipinski definition) is 11. The maximum Gasteiger partial charge on any atom is 0.334 e. The minimum Gasteiger partial charge on any atom is -0.497 e. The van der Waals surface area contributed by atoms with Gasteiger partial charge in [-0.3, -0.25) is 4.55 Å². The third kappa shape index (κ3) is 6.46. The number of esters is 1. The molecule has 3 aromatic rings. The zero-order valence-corrected chi connectivity index (χ0v) is 27.3. The van der Waals surface area contributed by atoms with Gasteiger partial charge in [-0.2, -0.15) is 8.42 Å². The van der Waals surface area contributed by atoms with Crippen molar-refractivity contribution < 1.29 is 56.0 Å². The number of hydrogen-bond donors (Lipinski definition) is 2. The molecule has 2 aliphatic heterocycles. The van der Waals surface area contributed by atoms with E-state index in [0.717, 1.165) is 5.56 Å². The lowest BCUT2D eigenvalue weighted by Gasteiger charge is -2.41. The highest BCUT2D eigenvalue weighted by molar-refractivity contribution is 7.85. The van der Waals surface area contributed by atoms with Gasteiger partial charge in [0.15, 0.2) is 17.3 Å². The second-order valence-corrected chi connectivity index (χ2v) is 12.7. The van der Waals surface area contributed by atoms with Crippen LogP contribution in [0.1, 0.15) is 35.6 Å². The first kappa shape index (κ1) is 33.6. The summed E-state index contributed by atoms with van der Waals surface area (Å²) in [6.07, 6.45) is 1.88. The van der Waals surface area contributed by atoms with Gasteiger partial charge in [-0.05, 0) is 61.4 Å². The summed E-state index contributed by atoms with van der Waals surface area (Å²) in [6.45, 7) is 3.42. The van der Waals surface area contributed by atoms with Gasteiger partial charge < -0.3 is 38.3 Å². The number of carbonyl (C=O) groups excluding carboxylic acids is 1. The summed E-state index contributed by atoms with van der Waals surface area (Å²) in [4.78, 5) is 13.2. The van der Waals surface area contributed by atoms with Crippen molar-refractivity contribution >= 4 is 16.1 Å². The van der Waals surface area contributed by atoms with Gasteiger partial charge in [0.2, 0.25) is 12.5 Å². The van der Waals surface area contributed by atoms with Gasteiger partial charge in [-0.1, -0.05) is 29.8 Å². The van der Waals surface area contributed by atoms with Crippen LogP contribution >= 0.6 is 0 Å². The van der Waals surface area contributed by atoms with Crippen molar-refractivity contribution in [1.82, 2.24) is 0 Å². The Labute approximate surface area is 272 Å². The molecule has 2 aliphatic rings. The van der Waals surface area contributed by atoms with E-state index in [1.54, 1.807) is 43.3 Å². The fraction of sp³-hybridized carbons (Fsp3) is 0.324. The van der Waals surface area contributed by atoms with E-state index in [4.69, 9.17) is 33.2 Å². The Morgan fingerprint density at radius 2 is 1.64 bits per heavy atom. The lowest BCUT2D eigenvalue weighted by Crippen LogP contribution is -2.43. The van der Waals surface area contributed by atoms with Crippen LogP contribution in [-0.4, -0.2) is 64.0 Å². The van der Waals surface area contributed by atoms with Gasteiger partial charge in [-0.15, -0.1) is 0 Å². The second-order valence-electron chi connectivity index (χ2n) is 11.1. The van der Waals surface area contributed by atoms with E-state index >= 15 is 0 Å². The van der Waals surface area contributed by atoms with Crippen molar-refractivity contribution in [2.75, 3.05) is 33.9 Å². The molecule has 3 atom stereocenters. The Kier molecular flexibility index (Phi) is 9.43. The summed E-state index contributed by atoms with van der Waals surface area (Å²) in [7, 11) is 0.123. The normalized spacial score (nSPS) is 19.3. The van der Waals surface area contributed by atoms with E-state index in [-0.39, 0.29) is 47.4 Å². The summed E-state index contributed by atoms with van der Waals surface area (Å²) >= 11 is 0. The van der Waals surface area contributed by atoms with E-state index in [9.17, 15) is 22.9 Å². The molecule has 0 fully saturated rings. The predicted octanol–water partition coefficient (Wildman–Crippen LogP) is 4.53. The Bertz CT molecular complexity index is 1800. The molecule has 5 rings (SSSR count). The SMILES string of the molecule is COc1ccc(C2(O)OC(=O)C=C2C(C2=COCO2)(c2ccc(C)cc2)c2cc(OC)c(OC)c(OC(C)CCS(=O)(=O)O)c2)cc1. The molecular formula is C34H36O12S. The topological polar surface area (TPSA) is 156 Å². The maximum absolute atomic E-state index is 13.2. The van der Waals surface area contributed by atoms with Crippen molar-refractivity contribution in [1.29, 1.82) is 0 Å². The Balaban J connectivity index is 1.82. The third-order valence-electron chi connectivity index (χ3n) is 8.08. The summed E-state index contributed by atoms with van der Waals surface area (Å²) in [5.41, 5.74) is 0.612. The van der Waals surface area contributed by atoms with Crippen molar-refractivity contribution in [2.45, 2.75) is 37.6 Å². The Morgan fingerprint density at radius 3 is 2.21 bits per heavy atom. The van der Waals surface area contributed by atoms with Gasteiger partial charge in [-0.25, -0.2) is 4.79 Å². The fourth-order valence-electron chi connectivity index (χ4n) is 5.80. The van der Waals surface area contributed by atoms with Crippen LogP contribution < -0.4 is 18.9 Å². The van der Waals surface area contributed by atoms with Crippen LogP contribution in [0.5, 0.6) is 23.0 Å². The van der Waals surface area contributed by atoms with Crippen molar-refractivity contribution in [3.63, 3.8) is 0 Å². The van der Waals surface area contributed by atoms with E-state index in [1.165, 1.54) is 33.7 Å². The van der Waals surface area contributed by atoms with Crippen LogP contribution in [0.2, 0.25) is 0 Å². The molecule has 0 saturated carbocycles. The molecule has 0 radical (unpaired) electrons. The monoisotopic (exact) mass is 668 g/mol. The van der Waals surface area contributed by atoms with Crippen LogP contribution in [-0.2, 0) is 40.3 Å². The van der Waals surface area contributed by atoms with Gasteiger partial charge in [0.25, 0.3) is 15.9 Å². The van der Waals surface area contributed by atoms with Gasteiger partial charge in [0.05, 0.1) is 33.2 Å². The number of allylic oxidation sites excluding steroid dienone is 1. The minimum atomic E-state index is -4.24. The van der Waals surface area contributed by atoms with E-state index < -0.39 is 39.1 Å².